The Bertz CT molecular complexity index is 960. The number of rotatable bonds is 33. The molecule has 310 valence electrons. The molecule has 0 bridgehead atoms. The molecule has 1 rings (SSSR count). The number of carbonyl (C=O) groups is 1. The normalized spacial score (nSPS) is 23.2. The standard InChI is InChI=1S/C42H77NO10/c1-3-5-7-9-11-13-14-15-16-17-18-19-20-22-24-26-28-30-35(46)41(51)43-33(32-52-42-40(50)39(49)38(48)36(31-44)53-42)37(47)34(45)29-27-25-23-21-12-10-8-6-4-2/h6,8,18-19,21,23,33-40,42,44-50H,3-5,7,9-17,20,22,24-32H2,1-2H3,(H,43,51)/b8-6+,19-18-,23-21+. The highest BCUT2D eigenvalue weighted by Gasteiger charge is 2.44. The Morgan fingerprint density at radius 3 is 1.77 bits per heavy atom. The van der Waals surface area contributed by atoms with Crippen molar-refractivity contribution >= 4 is 5.91 Å². The minimum atomic E-state index is -1.67. The fourth-order valence-electron chi connectivity index (χ4n) is 6.40. The van der Waals surface area contributed by atoms with Crippen molar-refractivity contribution in [3.8, 4) is 0 Å². The number of amides is 1. The average molecular weight is 756 g/mol. The maximum Gasteiger partial charge on any atom is 0.249 e. The summed E-state index contributed by atoms with van der Waals surface area (Å²) in [5.74, 6) is -0.724. The Morgan fingerprint density at radius 1 is 0.660 bits per heavy atom. The van der Waals surface area contributed by atoms with Gasteiger partial charge >= 0.3 is 0 Å². The van der Waals surface area contributed by atoms with Crippen LogP contribution in [-0.2, 0) is 14.3 Å². The zero-order valence-corrected chi connectivity index (χ0v) is 33.0. The van der Waals surface area contributed by atoms with E-state index in [2.05, 4.69) is 49.5 Å². The van der Waals surface area contributed by atoms with Crippen molar-refractivity contribution in [1.82, 2.24) is 5.32 Å². The number of hydrogen-bond acceptors (Lipinski definition) is 10. The molecule has 11 heteroatoms. The van der Waals surface area contributed by atoms with Gasteiger partial charge in [-0.2, -0.15) is 0 Å². The quantitative estimate of drug-likeness (QED) is 0.0307. The monoisotopic (exact) mass is 756 g/mol. The summed E-state index contributed by atoms with van der Waals surface area (Å²) in [5.41, 5.74) is 0. The minimum absolute atomic E-state index is 0.236. The summed E-state index contributed by atoms with van der Waals surface area (Å²) in [4.78, 5) is 13.0. The van der Waals surface area contributed by atoms with Crippen molar-refractivity contribution in [2.75, 3.05) is 13.2 Å². The zero-order chi connectivity index (χ0) is 39.1. The molecule has 0 aromatic heterocycles. The van der Waals surface area contributed by atoms with Crippen molar-refractivity contribution < 1.29 is 50.0 Å². The van der Waals surface area contributed by atoms with Crippen molar-refractivity contribution in [2.45, 2.75) is 210 Å². The van der Waals surface area contributed by atoms with E-state index in [0.717, 1.165) is 51.4 Å². The Kier molecular flexibility index (Phi) is 30.3. The summed E-state index contributed by atoms with van der Waals surface area (Å²) in [6.07, 6.45) is 23.7. The Hall–Kier alpha value is -1.67. The van der Waals surface area contributed by atoms with Gasteiger partial charge in [0.05, 0.1) is 25.4 Å². The molecular weight excluding hydrogens is 678 g/mol. The number of hydrogen-bond donors (Lipinski definition) is 8. The summed E-state index contributed by atoms with van der Waals surface area (Å²) in [6, 6.07) is -1.19. The van der Waals surface area contributed by atoms with Crippen LogP contribution in [0.15, 0.2) is 36.5 Å². The predicted octanol–water partition coefficient (Wildman–Crippen LogP) is 5.66. The molecule has 11 nitrogen and oxygen atoms in total. The molecule has 1 heterocycles. The summed E-state index contributed by atoms with van der Waals surface area (Å²) in [5, 5.41) is 75.2. The highest BCUT2D eigenvalue weighted by Crippen LogP contribution is 2.23. The molecule has 0 aromatic carbocycles. The average Bonchev–Trinajstić information content (AvgIpc) is 3.16. The molecule has 1 aliphatic rings. The van der Waals surface area contributed by atoms with E-state index in [9.17, 15) is 40.5 Å². The van der Waals surface area contributed by atoms with Crippen molar-refractivity contribution in [3.63, 3.8) is 0 Å². The highest BCUT2D eigenvalue weighted by atomic mass is 16.7. The van der Waals surface area contributed by atoms with Crippen LogP contribution in [0.1, 0.15) is 155 Å². The van der Waals surface area contributed by atoms with Gasteiger partial charge in [-0.1, -0.05) is 121 Å². The first kappa shape index (κ1) is 49.3. The van der Waals surface area contributed by atoms with Crippen molar-refractivity contribution in [1.29, 1.82) is 0 Å². The molecule has 0 spiro atoms. The first-order valence-electron chi connectivity index (χ1n) is 20.9. The van der Waals surface area contributed by atoms with Gasteiger partial charge in [-0.3, -0.25) is 4.79 Å². The van der Waals surface area contributed by atoms with Crippen molar-refractivity contribution in [3.05, 3.63) is 36.5 Å². The molecule has 1 amide bonds. The molecule has 0 radical (unpaired) electrons. The third kappa shape index (κ3) is 23.1. The number of carbonyl (C=O) groups excluding carboxylic acids is 1. The van der Waals surface area contributed by atoms with Crippen LogP contribution in [0.3, 0.4) is 0 Å². The predicted molar refractivity (Wildman–Crippen MR) is 210 cm³/mol. The van der Waals surface area contributed by atoms with Crippen LogP contribution < -0.4 is 5.32 Å². The molecular formula is C42H77NO10. The fraction of sp³-hybridized carbons (Fsp3) is 0.833. The van der Waals surface area contributed by atoms with Crippen LogP contribution in [-0.4, -0.2) is 110 Å². The lowest BCUT2D eigenvalue weighted by Crippen LogP contribution is -2.60. The lowest BCUT2D eigenvalue weighted by Gasteiger charge is -2.40. The molecule has 1 fully saturated rings. The number of ether oxygens (including phenoxy) is 2. The van der Waals surface area contributed by atoms with Crippen LogP contribution in [0, 0.1) is 0 Å². The maximum absolute atomic E-state index is 13.0. The van der Waals surface area contributed by atoms with E-state index in [1.807, 2.05) is 6.08 Å². The van der Waals surface area contributed by atoms with Gasteiger partial charge < -0.3 is 50.5 Å². The van der Waals surface area contributed by atoms with E-state index in [4.69, 9.17) is 9.47 Å². The zero-order valence-electron chi connectivity index (χ0n) is 33.0. The molecule has 0 aliphatic carbocycles. The van der Waals surface area contributed by atoms with Crippen LogP contribution in [0.2, 0.25) is 0 Å². The molecule has 9 atom stereocenters. The van der Waals surface area contributed by atoms with E-state index >= 15 is 0 Å². The van der Waals surface area contributed by atoms with Crippen LogP contribution in [0.4, 0.5) is 0 Å². The smallest absolute Gasteiger partial charge is 0.249 e. The Labute approximate surface area is 320 Å². The van der Waals surface area contributed by atoms with Crippen LogP contribution in [0.25, 0.3) is 0 Å². The number of nitrogens with one attached hydrogen (secondary N) is 1. The summed E-state index contributed by atoms with van der Waals surface area (Å²) >= 11 is 0. The van der Waals surface area contributed by atoms with Crippen LogP contribution >= 0.6 is 0 Å². The molecule has 0 aromatic rings. The lowest BCUT2D eigenvalue weighted by atomic mass is 9.98. The molecule has 0 saturated carbocycles. The Morgan fingerprint density at radius 2 is 1.19 bits per heavy atom. The van der Waals surface area contributed by atoms with Gasteiger partial charge in [0.2, 0.25) is 5.91 Å². The van der Waals surface area contributed by atoms with Gasteiger partial charge in [0.25, 0.3) is 0 Å². The SMILES string of the molecule is CC/C=C/CC/C=C/CCCC(O)C(O)C(COC1OC(CO)C(O)C(O)C1O)NC(=O)C(O)CCCCCC/C=C\CCCCCCCCCCC. The summed E-state index contributed by atoms with van der Waals surface area (Å²) < 4.78 is 11.0. The molecule has 9 unspecified atom stereocenters. The third-order valence-corrected chi connectivity index (χ3v) is 9.90. The second-order valence-electron chi connectivity index (χ2n) is 14.7. The number of allylic oxidation sites excluding steroid dienone is 6. The first-order chi connectivity index (χ1) is 25.7. The maximum atomic E-state index is 13.0. The van der Waals surface area contributed by atoms with Gasteiger partial charge in [-0.25, -0.2) is 0 Å². The van der Waals surface area contributed by atoms with Gasteiger partial charge in [0.1, 0.15) is 36.6 Å². The molecule has 1 saturated heterocycles. The first-order valence-corrected chi connectivity index (χ1v) is 20.9. The highest BCUT2D eigenvalue weighted by molar-refractivity contribution is 5.80. The number of aliphatic hydroxyl groups excluding tert-OH is 7. The largest absolute Gasteiger partial charge is 0.394 e. The minimum Gasteiger partial charge on any atom is -0.394 e. The van der Waals surface area contributed by atoms with E-state index in [1.54, 1.807) is 0 Å². The summed E-state index contributed by atoms with van der Waals surface area (Å²) in [7, 11) is 0. The third-order valence-electron chi connectivity index (χ3n) is 9.90. The van der Waals surface area contributed by atoms with Gasteiger partial charge in [0, 0.05) is 0 Å². The lowest BCUT2D eigenvalue weighted by molar-refractivity contribution is -0.303. The van der Waals surface area contributed by atoms with E-state index in [1.165, 1.54) is 57.8 Å². The van der Waals surface area contributed by atoms with Crippen molar-refractivity contribution in [2.24, 2.45) is 0 Å². The van der Waals surface area contributed by atoms with E-state index in [-0.39, 0.29) is 12.8 Å². The Balaban J connectivity index is 2.50. The second-order valence-corrected chi connectivity index (χ2v) is 14.7. The number of aliphatic hydroxyl groups is 7. The van der Waals surface area contributed by atoms with E-state index in [0.29, 0.717) is 19.3 Å². The molecule has 53 heavy (non-hydrogen) atoms. The van der Waals surface area contributed by atoms with Crippen LogP contribution in [0.5, 0.6) is 0 Å². The van der Waals surface area contributed by atoms with Gasteiger partial charge in [-0.05, 0) is 70.6 Å². The van der Waals surface area contributed by atoms with Gasteiger partial charge in [0.15, 0.2) is 6.29 Å². The molecule has 8 N–H and O–H groups in total. The molecule has 1 aliphatic heterocycles. The van der Waals surface area contributed by atoms with Gasteiger partial charge in [-0.15, -0.1) is 0 Å². The van der Waals surface area contributed by atoms with E-state index < -0.39 is 74.2 Å². The number of unbranched alkanes of at least 4 members (excludes halogenated alkanes) is 15. The topological polar surface area (TPSA) is 189 Å². The fourth-order valence-corrected chi connectivity index (χ4v) is 6.40. The second kappa shape index (κ2) is 32.6. The summed E-state index contributed by atoms with van der Waals surface area (Å²) in [6.45, 7) is 3.25.